The van der Waals surface area contributed by atoms with E-state index in [-0.39, 0.29) is 0 Å². The third-order valence-corrected chi connectivity index (χ3v) is 3.52. The zero-order valence-corrected chi connectivity index (χ0v) is 13.0. The van der Waals surface area contributed by atoms with Gasteiger partial charge in [0.15, 0.2) is 0 Å². The lowest BCUT2D eigenvalue weighted by Crippen LogP contribution is -2.30. The Kier molecular flexibility index (Phi) is 6.68. The molecule has 0 aliphatic heterocycles. The number of nitrogens with two attached hydrogens (primary N) is 1. The Hall–Kier alpha value is -0.580. The molecular weight excluding hydrogens is 292 g/mol. The summed E-state index contributed by atoms with van der Waals surface area (Å²) in [6.45, 7) is 4.96. The lowest BCUT2D eigenvalue weighted by molar-refractivity contribution is 0.291. The summed E-state index contributed by atoms with van der Waals surface area (Å²) in [5.74, 6) is 1.50. The molecule has 0 spiro atoms. The highest BCUT2D eigenvalue weighted by molar-refractivity contribution is 9.10. The van der Waals surface area contributed by atoms with Gasteiger partial charge in [0.25, 0.3) is 0 Å². The van der Waals surface area contributed by atoms with E-state index in [9.17, 15) is 0 Å². The monoisotopic (exact) mass is 314 g/mol. The molecule has 0 saturated carbocycles. The van der Waals surface area contributed by atoms with Crippen molar-refractivity contribution in [2.45, 2.75) is 13.3 Å². The summed E-state index contributed by atoms with van der Waals surface area (Å²) in [5.41, 5.74) is 6.88. The lowest BCUT2D eigenvalue weighted by atomic mass is 10.1. The molecule has 0 heterocycles. The van der Waals surface area contributed by atoms with Crippen LogP contribution in [0.2, 0.25) is 0 Å². The van der Waals surface area contributed by atoms with Crippen molar-refractivity contribution in [3.8, 4) is 5.75 Å². The predicted octanol–water partition coefficient (Wildman–Crippen LogP) is 2.53. The second kappa shape index (κ2) is 7.77. The SMILES string of the molecule is COc1ccc(Br)cc1CCN(C)CC(C)CN. The molecule has 2 N–H and O–H groups in total. The van der Waals surface area contributed by atoms with E-state index in [1.54, 1.807) is 7.11 Å². The molecule has 0 bridgehead atoms. The number of methoxy groups -OCH3 is 1. The summed E-state index contributed by atoms with van der Waals surface area (Å²) in [5, 5.41) is 0. The average Bonchev–Trinajstić information content (AvgIpc) is 2.36. The Balaban J connectivity index is 2.54. The summed E-state index contributed by atoms with van der Waals surface area (Å²) in [6.07, 6.45) is 0.983. The molecular formula is C14H23BrN2O. The highest BCUT2D eigenvalue weighted by Gasteiger charge is 2.08. The van der Waals surface area contributed by atoms with Crippen molar-refractivity contribution in [1.82, 2.24) is 4.90 Å². The minimum Gasteiger partial charge on any atom is -0.496 e. The van der Waals surface area contributed by atoms with Gasteiger partial charge in [-0.2, -0.15) is 0 Å². The Bertz CT molecular complexity index is 371. The molecule has 0 radical (unpaired) electrons. The van der Waals surface area contributed by atoms with Crippen LogP contribution in [-0.4, -0.2) is 38.7 Å². The van der Waals surface area contributed by atoms with Gasteiger partial charge >= 0.3 is 0 Å². The highest BCUT2D eigenvalue weighted by atomic mass is 79.9. The molecule has 0 saturated heterocycles. The maximum Gasteiger partial charge on any atom is 0.122 e. The second-order valence-corrected chi connectivity index (χ2v) is 5.72. The van der Waals surface area contributed by atoms with Crippen molar-refractivity contribution in [1.29, 1.82) is 0 Å². The van der Waals surface area contributed by atoms with Crippen LogP contribution >= 0.6 is 15.9 Å². The van der Waals surface area contributed by atoms with Crippen LogP contribution in [0.5, 0.6) is 5.75 Å². The molecule has 0 aliphatic carbocycles. The number of likely N-dealkylation sites (N-methyl/N-ethyl adjacent to an activating group) is 1. The Morgan fingerprint density at radius 1 is 1.44 bits per heavy atom. The van der Waals surface area contributed by atoms with Gasteiger partial charge in [0.05, 0.1) is 7.11 Å². The average molecular weight is 315 g/mol. The standard InChI is InChI=1S/C14H23BrN2O/c1-11(9-16)10-17(2)7-6-12-8-13(15)4-5-14(12)18-3/h4-5,8,11H,6-7,9-10,16H2,1-3H3. The van der Waals surface area contributed by atoms with Crippen LogP contribution in [0.15, 0.2) is 22.7 Å². The van der Waals surface area contributed by atoms with Gasteiger partial charge in [-0.05, 0) is 49.7 Å². The molecule has 1 unspecified atom stereocenters. The van der Waals surface area contributed by atoms with Crippen molar-refractivity contribution in [3.63, 3.8) is 0 Å². The third kappa shape index (κ3) is 4.96. The Labute approximate surface area is 118 Å². The maximum atomic E-state index is 5.64. The van der Waals surface area contributed by atoms with Crippen molar-refractivity contribution in [2.24, 2.45) is 11.7 Å². The minimum absolute atomic E-state index is 0.541. The van der Waals surface area contributed by atoms with E-state index in [0.717, 1.165) is 36.3 Å². The normalized spacial score (nSPS) is 12.8. The predicted molar refractivity (Wildman–Crippen MR) is 80.1 cm³/mol. The van der Waals surface area contributed by atoms with E-state index in [4.69, 9.17) is 10.5 Å². The van der Waals surface area contributed by atoms with Crippen molar-refractivity contribution in [3.05, 3.63) is 28.2 Å². The van der Waals surface area contributed by atoms with Gasteiger partial charge in [-0.25, -0.2) is 0 Å². The molecule has 102 valence electrons. The van der Waals surface area contributed by atoms with Crippen LogP contribution in [0.25, 0.3) is 0 Å². The van der Waals surface area contributed by atoms with E-state index in [1.165, 1.54) is 5.56 Å². The first kappa shape index (κ1) is 15.5. The summed E-state index contributed by atoms with van der Waals surface area (Å²) < 4.78 is 6.47. The summed E-state index contributed by atoms with van der Waals surface area (Å²) >= 11 is 3.50. The molecule has 1 rings (SSSR count). The van der Waals surface area contributed by atoms with Gasteiger partial charge < -0.3 is 15.4 Å². The van der Waals surface area contributed by atoms with E-state index in [0.29, 0.717) is 5.92 Å². The number of benzene rings is 1. The van der Waals surface area contributed by atoms with Crippen LogP contribution in [0, 0.1) is 5.92 Å². The quantitative estimate of drug-likeness (QED) is 0.840. The summed E-state index contributed by atoms with van der Waals surface area (Å²) in [7, 11) is 3.85. The van der Waals surface area contributed by atoms with Crippen LogP contribution < -0.4 is 10.5 Å². The molecule has 0 aromatic heterocycles. The summed E-state index contributed by atoms with van der Waals surface area (Å²) in [4.78, 5) is 2.32. The first-order valence-electron chi connectivity index (χ1n) is 6.27. The minimum atomic E-state index is 0.541. The summed E-state index contributed by atoms with van der Waals surface area (Å²) in [6, 6.07) is 6.13. The smallest absolute Gasteiger partial charge is 0.122 e. The molecule has 0 aliphatic rings. The molecule has 1 aromatic rings. The Morgan fingerprint density at radius 2 is 2.17 bits per heavy atom. The molecule has 3 nitrogen and oxygen atoms in total. The fraction of sp³-hybridized carbons (Fsp3) is 0.571. The molecule has 1 atom stereocenters. The molecule has 0 fully saturated rings. The van der Waals surface area contributed by atoms with Gasteiger partial charge in [0.2, 0.25) is 0 Å². The van der Waals surface area contributed by atoms with E-state index >= 15 is 0 Å². The zero-order valence-electron chi connectivity index (χ0n) is 11.4. The number of hydrogen-bond acceptors (Lipinski definition) is 3. The molecule has 18 heavy (non-hydrogen) atoms. The zero-order chi connectivity index (χ0) is 13.5. The van der Waals surface area contributed by atoms with Crippen LogP contribution in [-0.2, 0) is 6.42 Å². The van der Waals surface area contributed by atoms with E-state index < -0.39 is 0 Å². The molecule has 1 aromatic carbocycles. The van der Waals surface area contributed by atoms with Crippen molar-refractivity contribution in [2.75, 3.05) is 33.8 Å². The van der Waals surface area contributed by atoms with E-state index in [1.807, 2.05) is 12.1 Å². The van der Waals surface area contributed by atoms with Crippen LogP contribution in [0.3, 0.4) is 0 Å². The first-order valence-corrected chi connectivity index (χ1v) is 7.07. The van der Waals surface area contributed by atoms with Gasteiger partial charge in [-0.15, -0.1) is 0 Å². The number of nitrogens with zero attached hydrogens (tertiary/aromatic N) is 1. The number of ether oxygens (including phenoxy) is 1. The van der Waals surface area contributed by atoms with Crippen LogP contribution in [0.1, 0.15) is 12.5 Å². The lowest BCUT2D eigenvalue weighted by Gasteiger charge is -2.20. The van der Waals surface area contributed by atoms with Gasteiger partial charge in [0, 0.05) is 17.6 Å². The third-order valence-electron chi connectivity index (χ3n) is 3.03. The van der Waals surface area contributed by atoms with Crippen molar-refractivity contribution < 1.29 is 4.74 Å². The largest absolute Gasteiger partial charge is 0.496 e. The van der Waals surface area contributed by atoms with E-state index in [2.05, 4.69) is 40.9 Å². The van der Waals surface area contributed by atoms with Crippen LogP contribution in [0.4, 0.5) is 0 Å². The fourth-order valence-corrected chi connectivity index (χ4v) is 2.36. The highest BCUT2D eigenvalue weighted by Crippen LogP contribution is 2.23. The maximum absolute atomic E-state index is 5.64. The number of rotatable bonds is 7. The van der Waals surface area contributed by atoms with Gasteiger partial charge in [-0.3, -0.25) is 0 Å². The van der Waals surface area contributed by atoms with Gasteiger partial charge in [-0.1, -0.05) is 22.9 Å². The molecule has 0 amide bonds. The van der Waals surface area contributed by atoms with Crippen molar-refractivity contribution >= 4 is 15.9 Å². The van der Waals surface area contributed by atoms with Gasteiger partial charge in [0.1, 0.15) is 5.75 Å². The topological polar surface area (TPSA) is 38.5 Å². The number of hydrogen-bond donors (Lipinski definition) is 1. The fourth-order valence-electron chi connectivity index (χ4n) is 1.95. The second-order valence-electron chi connectivity index (χ2n) is 4.81. The number of halogens is 1. The molecule has 4 heteroatoms. The Morgan fingerprint density at radius 3 is 2.78 bits per heavy atom. The first-order chi connectivity index (χ1) is 8.56.